The summed E-state index contributed by atoms with van der Waals surface area (Å²) < 4.78 is 39.5. The third kappa shape index (κ3) is 6.82. The number of hydrogen-bond acceptors (Lipinski definition) is 6. The maximum atomic E-state index is 14.4. The minimum atomic E-state index is -2.80. The predicted octanol–water partition coefficient (Wildman–Crippen LogP) is 4.42. The van der Waals surface area contributed by atoms with Gasteiger partial charge in [0.2, 0.25) is 17.7 Å². The van der Waals surface area contributed by atoms with E-state index >= 15 is 0 Å². The molecule has 236 valence electrons. The number of carbonyl (C=O) groups is 3. The van der Waals surface area contributed by atoms with Gasteiger partial charge in [-0.2, -0.15) is 0 Å². The molecule has 2 aromatic rings. The minimum Gasteiger partial charge on any atom is -0.493 e. The fourth-order valence-electron chi connectivity index (χ4n) is 7.09. The molecule has 0 spiro atoms. The standard InChI is InChI=1S/C33H40F2N4O5/c34-33(35)15-12-23(13-16-33)29(37-32(42)44-21-22-7-2-1-3-8-22)31(41)39-19-24-9-6-17-38(24)20-27(39)30(40)36-26-14-18-43-28-11-5-4-10-25(26)28/h1-5,7-8,10-11,23-24,26-27,29H,6,9,12-21H2,(H,36,40)(H,37,42)/t24-,26+,27-,29-/m0/s1. The largest absolute Gasteiger partial charge is 0.493 e. The summed E-state index contributed by atoms with van der Waals surface area (Å²) in [6, 6.07) is 14.7. The molecule has 6 rings (SSSR count). The highest BCUT2D eigenvalue weighted by atomic mass is 19.3. The Bertz CT molecular complexity index is 1330. The molecule has 3 aliphatic heterocycles. The van der Waals surface area contributed by atoms with Gasteiger partial charge < -0.3 is 25.0 Å². The van der Waals surface area contributed by atoms with Crippen LogP contribution in [0.15, 0.2) is 54.6 Å². The summed E-state index contributed by atoms with van der Waals surface area (Å²) in [6.07, 6.45) is 1.14. The van der Waals surface area contributed by atoms with Crippen LogP contribution in [0.4, 0.5) is 13.6 Å². The number of para-hydroxylation sites is 1. The molecular formula is C33H40F2N4O5. The average Bonchev–Trinajstić information content (AvgIpc) is 3.50. The number of fused-ring (bicyclic) bond motifs is 2. The molecule has 1 aliphatic carbocycles. The van der Waals surface area contributed by atoms with E-state index in [0.717, 1.165) is 36.3 Å². The fraction of sp³-hybridized carbons (Fsp3) is 0.545. The molecule has 44 heavy (non-hydrogen) atoms. The van der Waals surface area contributed by atoms with Crippen LogP contribution in [0.5, 0.6) is 5.75 Å². The summed E-state index contributed by atoms with van der Waals surface area (Å²) in [5.41, 5.74) is 1.68. The third-order valence-corrected chi connectivity index (χ3v) is 9.54. The van der Waals surface area contributed by atoms with Crippen molar-refractivity contribution in [1.82, 2.24) is 20.4 Å². The Hall–Kier alpha value is -3.73. The number of halogens is 2. The topological polar surface area (TPSA) is 100 Å². The van der Waals surface area contributed by atoms with Crippen molar-refractivity contribution in [2.75, 3.05) is 26.2 Å². The molecule has 0 radical (unpaired) electrons. The van der Waals surface area contributed by atoms with Gasteiger partial charge in [0, 0.05) is 44.0 Å². The van der Waals surface area contributed by atoms with Gasteiger partial charge in [0.25, 0.3) is 0 Å². The van der Waals surface area contributed by atoms with Crippen LogP contribution in [-0.4, -0.2) is 78.0 Å². The van der Waals surface area contributed by atoms with E-state index in [-0.39, 0.29) is 50.3 Å². The number of benzene rings is 2. The molecular weight excluding hydrogens is 570 g/mol. The zero-order valence-electron chi connectivity index (χ0n) is 24.8. The quantitative estimate of drug-likeness (QED) is 0.482. The number of amides is 3. The second-order valence-corrected chi connectivity index (χ2v) is 12.4. The lowest BCUT2D eigenvalue weighted by molar-refractivity contribution is -0.149. The first-order chi connectivity index (χ1) is 21.3. The first kappa shape index (κ1) is 30.3. The van der Waals surface area contributed by atoms with E-state index < -0.39 is 35.9 Å². The van der Waals surface area contributed by atoms with Crippen LogP contribution in [0, 0.1) is 5.92 Å². The van der Waals surface area contributed by atoms with E-state index in [9.17, 15) is 23.2 Å². The van der Waals surface area contributed by atoms with E-state index in [1.807, 2.05) is 54.6 Å². The van der Waals surface area contributed by atoms with Crippen molar-refractivity contribution in [2.24, 2.45) is 5.92 Å². The van der Waals surface area contributed by atoms with Crippen molar-refractivity contribution < 1.29 is 32.6 Å². The summed E-state index contributed by atoms with van der Waals surface area (Å²) >= 11 is 0. The monoisotopic (exact) mass is 610 g/mol. The summed E-state index contributed by atoms with van der Waals surface area (Å²) in [7, 11) is 0. The van der Waals surface area contributed by atoms with Crippen molar-refractivity contribution in [1.29, 1.82) is 0 Å². The van der Waals surface area contributed by atoms with E-state index in [2.05, 4.69) is 15.5 Å². The zero-order chi connectivity index (χ0) is 30.7. The number of nitrogens with one attached hydrogen (secondary N) is 2. The van der Waals surface area contributed by atoms with E-state index in [1.54, 1.807) is 4.90 Å². The van der Waals surface area contributed by atoms with Crippen LogP contribution < -0.4 is 15.4 Å². The molecule has 0 aromatic heterocycles. The van der Waals surface area contributed by atoms with Crippen LogP contribution in [-0.2, 0) is 20.9 Å². The zero-order valence-corrected chi connectivity index (χ0v) is 24.8. The predicted molar refractivity (Wildman–Crippen MR) is 158 cm³/mol. The van der Waals surface area contributed by atoms with Crippen molar-refractivity contribution in [3.63, 3.8) is 0 Å². The molecule has 1 saturated carbocycles. The Morgan fingerprint density at radius 2 is 1.73 bits per heavy atom. The molecule has 2 N–H and O–H groups in total. The van der Waals surface area contributed by atoms with Crippen molar-refractivity contribution in [3.05, 3.63) is 65.7 Å². The Kier molecular flexibility index (Phi) is 9.02. The number of nitrogens with zero attached hydrogens (tertiary/aromatic N) is 2. The molecule has 9 nitrogen and oxygen atoms in total. The van der Waals surface area contributed by atoms with Gasteiger partial charge in [0.15, 0.2) is 0 Å². The van der Waals surface area contributed by atoms with Crippen molar-refractivity contribution >= 4 is 17.9 Å². The van der Waals surface area contributed by atoms with Gasteiger partial charge in [0.05, 0.1) is 12.6 Å². The third-order valence-electron chi connectivity index (χ3n) is 9.54. The lowest BCUT2D eigenvalue weighted by Crippen LogP contribution is -2.66. The molecule has 2 aromatic carbocycles. The summed E-state index contributed by atoms with van der Waals surface area (Å²) in [5.74, 6) is -3.26. The number of alkyl carbamates (subject to hydrolysis) is 1. The second-order valence-electron chi connectivity index (χ2n) is 12.4. The molecule has 0 unspecified atom stereocenters. The van der Waals surface area contributed by atoms with Crippen LogP contribution >= 0.6 is 0 Å². The summed E-state index contributed by atoms with van der Waals surface area (Å²) in [5, 5.41) is 5.90. The summed E-state index contributed by atoms with van der Waals surface area (Å²) in [4.78, 5) is 45.2. The van der Waals surface area contributed by atoms with Crippen LogP contribution in [0.2, 0.25) is 0 Å². The first-order valence-corrected chi connectivity index (χ1v) is 15.7. The Balaban J connectivity index is 1.22. The van der Waals surface area contributed by atoms with Gasteiger partial charge in [-0.1, -0.05) is 48.5 Å². The summed E-state index contributed by atoms with van der Waals surface area (Å²) in [6.45, 7) is 2.03. The molecule has 4 aliphatic rings. The average molecular weight is 611 g/mol. The Labute approximate surface area is 256 Å². The molecule has 11 heteroatoms. The van der Waals surface area contributed by atoms with Gasteiger partial charge >= 0.3 is 6.09 Å². The molecule has 3 amide bonds. The van der Waals surface area contributed by atoms with Crippen LogP contribution in [0.3, 0.4) is 0 Å². The lowest BCUT2D eigenvalue weighted by Gasteiger charge is -2.45. The fourth-order valence-corrected chi connectivity index (χ4v) is 7.09. The number of carbonyl (C=O) groups excluding carboxylic acids is 3. The van der Waals surface area contributed by atoms with Crippen LogP contribution in [0.25, 0.3) is 0 Å². The minimum absolute atomic E-state index is 0.00861. The van der Waals surface area contributed by atoms with Gasteiger partial charge in [-0.3, -0.25) is 14.5 Å². The smallest absolute Gasteiger partial charge is 0.408 e. The Morgan fingerprint density at radius 3 is 2.52 bits per heavy atom. The van der Waals surface area contributed by atoms with Crippen molar-refractivity contribution in [3.8, 4) is 5.75 Å². The maximum Gasteiger partial charge on any atom is 0.408 e. The Morgan fingerprint density at radius 1 is 0.977 bits per heavy atom. The number of piperazine rings is 1. The van der Waals surface area contributed by atoms with E-state index in [4.69, 9.17) is 9.47 Å². The number of hydrogen-bond donors (Lipinski definition) is 2. The highest BCUT2D eigenvalue weighted by molar-refractivity contribution is 5.92. The lowest BCUT2D eigenvalue weighted by atomic mass is 9.81. The van der Waals surface area contributed by atoms with Gasteiger partial charge in [-0.25, -0.2) is 13.6 Å². The van der Waals surface area contributed by atoms with E-state index in [0.29, 0.717) is 26.1 Å². The molecule has 3 fully saturated rings. The molecule has 3 heterocycles. The van der Waals surface area contributed by atoms with Crippen LogP contribution in [0.1, 0.15) is 62.1 Å². The van der Waals surface area contributed by atoms with E-state index in [1.165, 1.54) is 0 Å². The highest BCUT2D eigenvalue weighted by Gasteiger charge is 2.47. The maximum absolute atomic E-state index is 14.4. The number of rotatable bonds is 7. The normalized spacial score (nSPS) is 25.6. The number of ether oxygens (including phenoxy) is 2. The van der Waals surface area contributed by atoms with Gasteiger partial charge in [-0.05, 0) is 49.8 Å². The first-order valence-electron chi connectivity index (χ1n) is 15.7. The SMILES string of the molecule is O=C(N[C@H](C(=O)N1C[C@@H]2CCCN2C[C@H]1C(=O)N[C@@H]1CCOc2ccccc21)C1CCC(F)(F)CC1)OCc1ccccc1. The van der Waals surface area contributed by atoms with Gasteiger partial charge in [0.1, 0.15) is 24.4 Å². The highest BCUT2D eigenvalue weighted by Crippen LogP contribution is 2.39. The van der Waals surface area contributed by atoms with Crippen molar-refractivity contribution in [2.45, 2.75) is 81.6 Å². The molecule has 2 saturated heterocycles. The second kappa shape index (κ2) is 13.1. The van der Waals surface area contributed by atoms with Gasteiger partial charge in [-0.15, -0.1) is 0 Å². The molecule has 0 bridgehead atoms. The molecule has 4 atom stereocenters. The number of alkyl halides is 2.